The summed E-state index contributed by atoms with van der Waals surface area (Å²) >= 11 is 0.918. The third-order valence-electron chi connectivity index (χ3n) is 4.62. The Balaban J connectivity index is 2.05. The summed E-state index contributed by atoms with van der Waals surface area (Å²) in [6.07, 6.45) is 1.15. The van der Waals surface area contributed by atoms with Crippen LogP contribution in [0.15, 0.2) is 54.6 Å². The SMILES string of the molecule is CCCC(C)(C(=O)OCc1ccc([N+](=O)[O-])cc1)C(N)SC(=O)c1ccccc1. The van der Waals surface area contributed by atoms with Gasteiger partial charge in [0, 0.05) is 17.7 Å². The summed E-state index contributed by atoms with van der Waals surface area (Å²) in [7, 11) is 0. The van der Waals surface area contributed by atoms with Crippen molar-refractivity contribution in [3.8, 4) is 0 Å². The van der Waals surface area contributed by atoms with Crippen LogP contribution in [0.4, 0.5) is 5.69 Å². The van der Waals surface area contributed by atoms with Gasteiger partial charge in [0.2, 0.25) is 5.12 Å². The van der Waals surface area contributed by atoms with Gasteiger partial charge in [-0.3, -0.25) is 19.7 Å². The van der Waals surface area contributed by atoms with Crippen molar-refractivity contribution in [3.05, 3.63) is 75.8 Å². The molecular weight excluding hydrogens is 392 g/mol. The van der Waals surface area contributed by atoms with Crippen molar-refractivity contribution in [1.82, 2.24) is 0 Å². The number of carbonyl (C=O) groups is 2. The van der Waals surface area contributed by atoms with E-state index in [1.807, 2.05) is 13.0 Å². The minimum atomic E-state index is -1.05. The lowest BCUT2D eigenvalue weighted by atomic mass is 9.85. The number of ether oxygens (including phenoxy) is 1. The lowest BCUT2D eigenvalue weighted by molar-refractivity contribution is -0.384. The molecule has 8 heteroatoms. The fraction of sp³-hybridized carbons (Fsp3) is 0.333. The maximum atomic E-state index is 12.8. The highest BCUT2D eigenvalue weighted by Gasteiger charge is 2.41. The third-order valence-corrected chi connectivity index (χ3v) is 5.85. The van der Waals surface area contributed by atoms with E-state index in [0.717, 1.165) is 11.8 Å². The highest BCUT2D eigenvalue weighted by atomic mass is 32.2. The first kappa shape index (κ1) is 22.6. The zero-order valence-corrected chi connectivity index (χ0v) is 17.2. The molecule has 2 aromatic rings. The lowest BCUT2D eigenvalue weighted by Crippen LogP contribution is -2.45. The number of non-ortho nitro benzene ring substituents is 1. The number of nitrogens with two attached hydrogens (primary N) is 1. The molecule has 0 aliphatic heterocycles. The Kier molecular flexibility index (Phi) is 7.92. The lowest BCUT2D eigenvalue weighted by Gasteiger charge is -2.32. The number of hydrogen-bond donors (Lipinski definition) is 1. The Morgan fingerprint density at radius 2 is 1.79 bits per heavy atom. The number of thioether (sulfide) groups is 1. The molecule has 0 aliphatic rings. The van der Waals surface area contributed by atoms with Crippen molar-refractivity contribution in [1.29, 1.82) is 0 Å². The number of nitro groups is 1. The van der Waals surface area contributed by atoms with Gasteiger partial charge in [0.15, 0.2) is 0 Å². The fourth-order valence-electron chi connectivity index (χ4n) is 2.80. The standard InChI is InChI=1S/C21H24N2O5S/c1-3-13-21(2,19(22)29-18(24)16-7-5-4-6-8-16)20(25)28-14-15-9-11-17(12-10-15)23(26)27/h4-12,19H,3,13-14,22H2,1-2H3. The van der Waals surface area contributed by atoms with Gasteiger partial charge in [0.05, 0.1) is 15.7 Å². The topological polar surface area (TPSA) is 113 Å². The van der Waals surface area contributed by atoms with Crippen LogP contribution in [0, 0.1) is 15.5 Å². The van der Waals surface area contributed by atoms with E-state index in [0.29, 0.717) is 24.0 Å². The normalized spacial score (nSPS) is 13.9. The van der Waals surface area contributed by atoms with Crippen LogP contribution in [0.3, 0.4) is 0 Å². The first-order valence-corrected chi connectivity index (χ1v) is 10.1. The number of carbonyl (C=O) groups excluding carboxylic acids is 2. The van der Waals surface area contributed by atoms with Crippen molar-refractivity contribution in [2.24, 2.45) is 11.1 Å². The van der Waals surface area contributed by atoms with Gasteiger partial charge in [-0.2, -0.15) is 0 Å². The highest BCUT2D eigenvalue weighted by molar-refractivity contribution is 8.14. The molecule has 2 aromatic carbocycles. The third kappa shape index (κ3) is 5.88. The predicted molar refractivity (Wildman–Crippen MR) is 112 cm³/mol. The second-order valence-corrected chi connectivity index (χ2v) is 7.97. The molecule has 2 atom stereocenters. The van der Waals surface area contributed by atoms with Crippen LogP contribution >= 0.6 is 11.8 Å². The summed E-state index contributed by atoms with van der Waals surface area (Å²) in [5, 5.41) is 9.74. The summed E-state index contributed by atoms with van der Waals surface area (Å²) in [5.74, 6) is -0.501. The van der Waals surface area contributed by atoms with E-state index in [1.54, 1.807) is 31.2 Å². The van der Waals surface area contributed by atoms with E-state index in [4.69, 9.17) is 10.5 Å². The summed E-state index contributed by atoms with van der Waals surface area (Å²) < 4.78 is 5.44. The monoisotopic (exact) mass is 416 g/mol. The van der Waals surface area contributed by atoms with E-state index in [-0.39, 0.29) is 17.4 Å². The molecule has 0 aliphatic carbocycles. The second-order valence-electron chi connectivity index (χ2n) is 6.86. The molecule has 154 valence electrons. The van der Waals surface area contributed by atoms with Gasteiger partial charge >= 0.3 is 5.97 Å². The van der Waals surface area contributed by atoms with Crippen LogP contribution in [0.25, 0.3) is 0 Å². The molecule has 0 amide bonds. The van der Waals surface area contributed by atoms with Gasteiger partial charge < -0.3 is 10.5 Å². The molecule has 0 spiro atoms. The largest absolute Gasteiger partial charge is 0.460 e. The molecule has 0 aromatic heterocycles. The molecule has 29 heavy (non-hydrogen) atoms. The van der Waals surface area contributed by atoms with Crippen LogP contribution in [0.5, 0.6) is 0 Å². The van der Waals surface area contributed by atoms with Crippen molar-refractivity contribution in [2.45, 2.75) is 38.7 Å². The Bertz CT molecular complexity index is 857. The minimum absolute atomic E-state index is 0.0276. The zero-order valence-electron chi connectivity index (χ0n) is 16.4. The number of nitrogens with zero attached hydrogens (tertiary/aromatic N) is 1. The molecule has 0 radical (unpaired) electrons. The second kappa shape index (κ2) is 10.2. The number of benzene rings is 2. The molecule has 7 nitrogen and oxygen atoms in total. The van der Waals surface area contributed by atoms with E-state index in [1.165, 1.54) is 24.3 Å². The minimum Gasteiger partial charge on any atom is -0.460 e. The van der Waals surface area contributed by atoms with Crippen LogP contribution in [0.1, 0.15) is 42.6 Å². The van der Waals surface area contributed by atoms with Gasteiger partial charge in [0.1, 0.15) is 6.61 Å². The smallest absolute Gasteiger partial charge is 0.314 e. The summed E-state index contributed by atoms with van der Waals surface area (Å²) in [6.45, 7) is 3.60. The maximum absolute atomic E-state index is 12.8. The van der Waals surface area contributed by atoms with Crippen LogP contribution < -0.4 is 5.73 Å². The van der Waals surface area contributed by atoms with Crippen molar-refractivity contribution < 1.29 is 19.2 Å². The number of nitro benzene ring substituents is 1. The average molecular weight is 416 g/mol. The maximum Gasteiger partial charge on any atom is 0.314 e. The van der Waals surface area contributed by atoms with Gasteiger partial charge in [-0.05, 0) is 31.0 Å². The van der Waals surface area contributed by atoms with Crippen molar-refractivity contribution in [2.75, 3.05) is 0 Å². The van der Waals surface area contributed by atoms with Crippen LogP contribution in [-0.4, -0.2) is 21.4 Å². The molecular formula is C21H24N2O5S. The fourth-order valence-corrected chi connectivity index (χ4v) is 3.77. The van der Waals surface area contributed by atoms with E-state index >= 15 is 0 Å². The molecule has 0 heterocycles. The average Bonchev–Trinajstić information content (AvgIpc) is 2.72. The summed E-state index contributed by atoms with van der Waals surface area (Å²) in [4.78, 5) is 35.5. The van der Waals surface area contributed by atoms with Gasteiger partial charge in [-0.1, -0.05) is 55.4 Å². The van der Waals surface area contributed by atoms with E-state index < -0.39 is 21.7 Å². The first-order chi connectivity index (χ1) is 13.8. The van der Waals surface area contributed by atoms with Crippen LogP contribution in [0.2, 0.25) is 0 Å². The Morgan fingerprint density at radius 3 is 2.34 bits per heavy atom. The first-order valence-electron chi connectivity index (χ1n) is 9.20. The van der Waals surface area contributed by atoms with E-state index in [2.05, 4.69) is 0 Å². The molecule has 0 saturated carbocycles. The molecule has 0 fully saturated rings. The van der Waals surface area contributed by atoms with Crippen LogP contribution in [-0.2, 0) is 16.1 Å². The molecule has 2 rings (SSSR count). The van der Waals surface area contributed by atoms with E-state index in [9.17, 15) is 19.7 Å². The number of hydrogen-bond acceptors (Lipinski definition) is 7. The number of rotatable bonds is 9. The molecule has 0 bridgehead atoms. The molecule has 0 saturated heterocycles. The van der Waals surface area contributed by atoms with Gasteiger partial charge in [-0.15, -0.1) is 0 Å². The predicted octanol–water partition coefficient (Wildman–Crippen LogP) is 4.30. The van der Waals surface area contributed by atoms with Gasteiger partial charge in [0.25, 0.3) is 5.69 Å². The quantitative estimate of drug-likeness (QED) is 0.280. The summed E-state index contributed by atoms with van der Waals surface area (Å²) in [6, 6.07) is 14.5. The summed E-state index contributed by atoms with van der Waals surface area (Å²) in [5.41, 5.74) is 6.33. The Hall–Kier alpha value is -2.71. The van der Waals surface area contributed by atoms with Crippen molar-refractivity contribution >= 4 is 28.5 Å². The highest BCUT2D eigenvalue weighted by Crippen LogP contribution is 2.35. The Labute approximate surface area is 173 Å². The molecule has 2 unspecified atom stereocenters. The van der Waals surface area contributed by atoms with Crippen molar-refractivity contribution in [3.63, 3.8) is 0 Å². The Morgan fingerprint density at radius 1 is 1.17 bits per heavy atom. The molecule has 2 N–H and O–H groups in total. The zero-order chi connectivity index (χ0) is 21.4. The number of esters is 1. The van der Waals surface area contributed by atoms with Gasteiger partial charge in [-0.25, -0.2) is 0 Å².